The predicted octanol–water partition coefficient (Wildman–Crippen LogP) is 1.12. The van der Waals surface area contributed by atoms with Crippen LogP contribution in [0, 0.1) is 0 Å². The van der Waals surface area contributed by atoms with Crippen molar-refractivity contribution in [2.45, 2.75) is 0 Å². The fourth-order valence-electron chi connectivity index (χ4n) is 3.36. The fraction of sp³-hybridized carbons (Fsp3) is 0.286. The van der Waals surface area contributed by atoms with Crippen molar-refractivity contribution in [1.82, 2.24) is 19.7 Å². The summed E-state index contributed by atoms with van der Waals surface area (Å²) in [6, 6.07) is 9.13. The van der Waals surface area contributed by atoms with Gasteiger partial charge in [0.2, 0.25) is 11.6 Å². The van der Waals surface area contributed by atoms with E-state index >= 15 is 0 Å². The number of phenols is 1. The molecule has 0 amide bonds. The summed E-state index contributed by atoms with van der Waals surface area (Å²) in [5.41, 5.74) is 2.55. The average Bonchev–Trinajstić information content (AvgIpc) is 3.57. The molecule has 3 fully saturated rings. The molecule has 145 valence electrons. The first kappa shape index (κ1) is 19.8. The molecule has 1 aromatic carbocycles. The molecule has 29 heavy (non-hydrogen) atoms. The SMILES string of the molecule is O=C1C=C(N2CC2)C(=O)C(N2CC2)=C1N1CC1.Oc1cccc2cccnc12.[Sc]. The first-order chi connectivity index (χ1) is 13.6. The van der Waals surface area contributed by atoms with Crippen LogP contribution >= 0.6 is 0 Å². The maximum Gasteiger partial charge on any atom is 0.227 e. The Morgan fingerprint density at radius 1 is 0.828 bits per heavy atom. The van der Waals surface area contributed by atoms with E-state index in [1.54, 1.807) is 18.3 Å². The summed E-state index contributed by atoms with van der Waals surface area (Å²) in [5.74, 6) is 0.288. The summed E-state index contributed by atoms with van der Waals surface area (Å²) in [6.07, 6.45) is 3.19. The first-order valence-electron chi connectivity index (χ1n) is 9.46. The van der Waals surface area contributed by atoms with Crippen molar-refractivity contribution in [3.63, 3.8) is 0 Å². The molecule has 1 N–H and O–H groups in total. The normalized spacial score (nSPS) is 19.4. The van der Waals surface area contributed by atoms with E-state index < -0.39 is 0 Å². The van der Waals surface area contributed by atoms with Gasteiger partial charge in [-0.25, -0.2) is 0 Å². The molecule has 3 aliphatic heterocycles. The van der Waals surface area contributed by atoms with Gasteiger partial charge in [0.05, 0.1) is 5.70 Å². The second-order valence-corrected chi connectivity index (χ2v) is 7.23. The third-order valence-electron chi connectivity index (χ3n) is 5.10. The minimum Gasteiger partial charge on any atom is -0.506 e. The molecule has 0 spiro atoms. The standard InChI is InChI=1S/C12H13N3O2.C9H7NO.Sc/c16-9-7-8(13-1-2-13)12(17)11(15-5-6-15)10(9)14-3-4-14;11-8-5-1-3-7-4-2-6-10-9(7)8;/h7H,1-6H2;1-6,11H;. The molecule has 1 radical (unpaired) electrons. The number of hydrogen-bond donors (Lipinski definition) is 1. The maximum absolute atomic E-state index is 12.4. The quantitative estimate of drug-likeness (QED) is 0.588. The smallest absolute Gasteiger partial charge is 0.227 e. The minimum absolute atomic E-state index is 0. The van der Waals surface area contributed by atoms with Crippen molar-refractivity contribution in [1.29, 1.82) is 0 Å². The van der Waals surface area contributed by atoms with Gasteiger partial charge in [-0.05, 0) is 12.1 Å². The van der Waals surface area contributed by atoms with Gasteiger partial charge in [-0.15, -0.1) is 0 Å². The van der Waals surface area contributed by atoms with Gasteiger partial charge in [-0.1, -0.05) is 18.2 Å². The third kappa shape index (κ3) is 3.99. The molecular formula is C21H20N4O3Sc. The van der Waals surface area contributed by atoms with Crippen molar-refractivity contribution in [3.8, 4) is 5.75 Å². The van der Waals surface area contributed by atoms with Crippen molar-refractivity contribution >= 4 is 22.5 Å². The zero-order valence-electron chi connectivity index (χ0n) is 15.9. The molecule has 1 aliphatic carbocycles. The summed E-state index contributed by atoms with van der Waals surface area (Å²) in [5, 5.41) is 10.3. The van der Waals surface area contributed by atoms with Crippen LogP contribution in [-0.2, 0) is 35.4 Å². The van der Waals surface area contributed by atoms with E-state index in [2.05, 4.69) is 4.98 Å². The van der Waals surface area contributed by atoms with Crippen LogP contribution in [-0.4, -0.2) is 75.6 Å². The number of rotatable bonds is 3. The summed E-state index contributed by atoms with van der Waals surface area (Å²) < 4.78 is 0. The van der Waals surface area contributed by atoms with E-state index in [0.29, 0.717) is 22.6 Å². The first-order valence-corrected chi connectivity index (χ1v) is 9.46. The number of aromatic hydroxyl groups is 1. The molecule has 8 heteroatoms. The van der Waals surface area contributed by atoms with Crippen LogP contribution in [0.3, 0.4) is 0 Å². The zero-order chi connectivity index (χ0) is 19.3. The topological polar surface area (TPSA) is 76.3 Å². The third-order valence-corrected chi connectivity index (χ3v) is 5.10. The van der Waals surface area contributed by atoms with Crippen molar-refractivity contribution < 1.29 is 40.5 Å². The number of allylic oxidation sites excluding steroid dienone is 1. The molecule has 4 heterocycles. The number of Topliss-reactive ketones (excluding diaryl/α,β-unsaturated/α-hetero) is 1. The summed E-state index contributed by atoms with van der Waals surface area (Å²) >= 11 is 0. The number of ketones is 2. The van der Waals surface area contributed by atoms with Crippen molar-refractivity contribution in [2.75, 3.05) is 39.3 Å². The van der Waals surface area contributed by atoms with E-state index in [1.165, 1.54) is 6.08 Å². The molecule has 3 saturated heterocycles. The number of fused-ring (bicyclic) bond motifs is 1. The average molecular weight is 421 g/mol. The van der Waals surface area contributed by atoms with Crippen LogP contribution in [0.5, 0.6) is 5.75 Å². The van der Waals surface area contributed by atoms with E-state index in [1.807, 2.05) is 32.9 Å². The van der Waals surface area contributed by atoms with Gasteiger partial charge in [0.1, 0.15) is 22.7 Å². The molecule has 1 aromatic heterocycles. The van der Waals surface area contributed by atoms with Crippen LogP contribution in [0.15, 0.2) is 59.7 Å². The Hall–Kier alpha value is -2.48. The largest absolute Gasteiger partial charge is 0.506 e. The Balaban J connectivity index is 0.000000149. The molecule has 0 saturated carbocycles. The minimum atomic E-state index is 0. The van der Waals surface area contributed by atoms with Gasteiger partial charge < -0.3 is 19.8 Å². The van der Waals surface area contributed by atoms with Gasteiger partial charge in [0.25, 0.3) is 0 Å². The monoisotopic (exact) mass is 421 g/mol. The number of phenolic OH excluding ortho intramolecular Hbond substituents is 1. The van der Waals surface area contributed by atoms with Crippen molar-refractivity contribution in [3.05, 3.63) is 59.7 Å². The Morgan fingerprint density at radius 3 is 2.07 bits per heavy atom. The van der Waals surface area contributed by atoms with E-state index in [-0.39, 0.29) is 43.2 Å². The molecular weight excluding hydrogens is 401 g/mol. The predicted molar refractivity (Wildman–Crippen MR) is 103 cm³/mol. The van der Waals surface area contributed by atoms with Crippen LogP contribution in [0.4, 0.5) is 0 Å². The van der Waals surface area contributed by atoms with E-state index in [9.17, 15) is 14.7 Å². The van der Waals surface area contributed by atoms with Gasteiger partial charge in [0, 0.05) is 82.8 Å². The number of benzene rings is 1. The summed E-state index contributed by atoms with van der Waals surface area (Å²) in [7, 11) is 0. The van der Waals surface area contributed by atoms with Gasteiger partial charge in [-0.3, -0.25) is 14.6 Å². The fourth-order valence-corrected chi connectivity index (χ4v) is 3.36. The number of carbonyl (C=O) groups is 2. The van der Waals surface area contributed by atoms with Crippen LogP contribution in [0.1, 0.15) is 0 Å². The van der Waals surface area contributed by atoms with Crippen LogP contribution in [0.2, 0.25) is 0 Å². The second kappa shape index (κ2) is 7.74. The van der Waals surface area contributed by atoms with E-state index in [0.717, 1.165) is 44.7 Å². The number of nitrogens with zero attached hydrogens (tertiary/aromatic N) is 4. The molecule has 0 bridgehead atoms. The number of carbonyl (C=O) groups excluding carboxylic acids is 2. The second-order valence-electron chi connectivity index (χ2n) is 7.23. The van der Waals surface area contributed by atoms with Crippen LogP contribution < -0.4 is 0 Å². The Kier molecular flexibility index (Phi) is 5.29. The summed E-state index contributed by atoms with van der Waals surface area (Å²) in [4.78, 5) is 34.5. The molecule has 6 rings (SSSR count). The molecule has 7 nitrogen and oxygen atoms in total. The maximum atomic E-state index is 12.4. The molecule has 4 aliphatic rings. The van der Waals surface area contributed by atoms with Gasteiger partial charge in [-0.2, -0.15) is 0 Å². The Morgan fingerprint density at radius 2 is 1.45 bits per heavy atom. The molecule has 2 aromatic rings. The van der Waals surface area contributed by atoms with E-state index in [4.69, 9.17) is 0 Å². The molecule has 0 atom stereocenters. The summed E-state index contributed by atoms with van der Waals surface area (Å²) in [6.45, 7) is 5.41. The van der Waals surface area contributed by atoms with Gasteiger partial charge >= 0.3 is 0 Å². The number of para-hydroxylation sites is 1. The Labute approximate surface area is 187 Å². The number of pyridine rings is 1. The van der Waals surface area contributed by atoms with Crippen LogP contribution in [0.25, 0.3) is 10.9 Å². The van der Waals surface area contributed by atoms with Gasteiger partial charge in [0.15, 0.2) is 0 Å². The zero-order valence-corrected chi connectivity index (χ0v) is 17.7. The molecule has 0 unspecified atom stereocenters. The Bertz CT molecular complexity index is 1050. The number of hydrogen-bond acceptors (Lipinski definition) is 7. The van der Waals surface area contributed by atoms with Crippen molar-refractivity contribution in [2.24, 2.45) is 0 Å². The number of aromatic nitrogens is 1.